The summed E-state index contributed by atoms with van der Waals surface area (Å²) in [4.78, 5) is 42.0. The fourth-order valence-corrected chi connectivity index (χ4v) is 4.89. The molecule has 0 aliphatic carbocycles. The van der Waals surface area contributed by atoms with Gasteiger partial charge in [0.2, 0.25) is 5.91 Å². The van der Waals surface area contributed by atoms with Crippen LogP contribution in [0.1, 0.15) is 24.5 Å². The van der Waals surface area contributed by atoms with Gasteiger partial charge in [0.05, 0.1) is 0 Å². The molecular formula is C27H28N4O3. The summed E-state index contributed by atoms with van der Waals surface area (Å²) in [7, 11) is 0. The highest BCUT2D eigenvalue weighted by Crippen LogP contribution is 2.31. The van der Waals surface area contributed by atoms with Crippen molar-refractivity contribution < 1.29 is 14.4 Å². The third kappa shape index (κ3) is 4.26. The Kier molecular flexibility index (Phi) is 5.79. The van der Waals surface area contributed by atoms with Crippen LogP contribution < -0.4 is 10.6 Å². The number of nitrogens with zero attached hydrogens (tertiary/aromatic N) is 2. The molecule has 2 saturated heterocycles. The van der Waals surface area contributed by atoms with Crippen LogP contribution in [0, 0.1) is 0 Å². The number of fused-ring (bicyclic) bond motifs is 1. The van der Waals surface area contributed by atoms with Crippen LogP contribution in [0.3, 0.4) is 0 Å². The molecule has 174 valence electrons. The lowest BCUT2D eigenvalue weighted by molar-refractivity contribution is -0.135. The van der Waals surface area contributed by atoms with Crippen LogP contribution in [0.5, 0.6) is 0 Å². The molecule has 0 spiro atoms. The van der Waals surface area contributed by atoms with E-state index in [-0.39, 0.29) is 18.5 Å². The molecule has 2 aliphatic rings. The third-order valence-corrected chi connectivity index (χ3v) is 6.79. The summed E-state index contributed by atoms with van der Waals surface area (Å²) in [6.45, 7) is 3.87. The van der Waals surface area contributed by atoms with Gasteiger partial charge in [0.1, 0.15) is 12.1 Å². The molecule has 0 radical (unpaired) electrons. The van der Waals surface area contributed by atoms with Gasteiger partial charge in [-0.25, -0.2) is 4.79 Å². The summed E-state index contributed by atoms with van der Waals surface area (Å²) < 4.78 is 0. The number of carbonyl (C=O) groups is 3. The molecule has 2 N–H and O–H groups in total. The Hall–Kier alpha value is -3.71. The van der Waals surface area contributed by atoms with Gasteiger partial charge in [0, 0.05) is 25.7 Å². The van der Waals surface area contributed by atoms with E-state index in [9.17, 15) is 14.4 Å². The third-order valence-electron chi connectivity index (χ3n) is 6.79. The molecule has 2 aliphatic heterocycles. The molecule has 3 aromatic rings. The first kappa shape index (κ1) is 22.1. The lowest BCUT2D eigenvalue weighted by Gasteiger charge is -2.23. The van der Waals surface area contributed by atoms with E-state index in [0.717, 1.165) is 41.7 Å². The zero-order valence-corrected chi connectivity index (χ0v) is 19.2. The van der Waals surface area contributed by atoms with Crippen molar-refractivity contribution in [3.05, 3.63) is 83.9 Å². The molecule has 0 bridgehead atoms. The largest absolute Gasteiger partial charge is 0.350 e. The molecule has 0 aromatic heterocycles. The van der Waals surface area contributed by atoms with Crippen molar-refractivity contribution in [3.8, 4) is 0 Å². The molecule has 4 amide bonds. The maximum absolute atomic E-state index is 13.3. The monoisotopic (exact) mass is 456 g/mol. The molecule has 0 saturated carbocycles. The number of amides is 4. The normalized spacial score (nSPS) is 22.9. The van der Waals surface area contributed by atoms with Crippen LogP contribution in [0.2, 0.25) is 0 Å². The molecular weight excluding hydrogens is 428 g/mol. The predicted molar refractivity (Wildman–Crippen MR) is 130 cm³/mol. The number of likely N-dealkylation sites (tertiary alicyclic amines) is 1. The van der Waals surface area contributed by atoms with E-state index in [0.29, 0.717) is 5.56 Å². The molecule has 3 aromatic carbocycles. The van der Waals surface area contributed by atoms with Gasteiger partial charge in [-0.05, 0) is 41.3 Å². The van der Waals surface area contributed by atoms with Crippen LogP contribution in [0.25, 0.3) is 10.8 Å². The number of carbonyl (C=O) groups excluding carboxylic acids is 3. The standard InChI is InChI=1S/C27H28N4O3/c1-27(22-12-11-20-9-5-6-10-21(20)15-22)25(33)31(26(34)29-27)18-24(32)28-23-13-14-30(17-23)16-19-7-3-2-4-8-19/h2-12,15,23H,13-14,16-18H2,1H3,(H,28,32)(H,29,34)/t23-,27+/m1/s1. The lowest BCUT2D eigenvalue weighted by atomic mass is 9.90. The highest BCUT2D eigenvalue weighted by Gasteiger charge is 2.49. The molecule has 5 rings (SSSR count). The summed E-state index contributed by atoms with van der Waals surface area (Å²) in [5.74, 6) is -0.738. The van der Waals surface area contributed by atoms with E-state index in [1.54, 1.807) is 6.92 Å². The first-order valence-electron chi connectivity index (χ1n) is 11.6. The quantitative estimate of drug-likeness (QED) is 0.559. The summed E-state index contributed by atoms with van der Waals surface area (Å²) in [6, 6.07) is 23.2. The maximum Gasteiger partial charge on any atom is 0.325 e. The Morgan fingerprint density at radius 3 is 2.56 bits per heavy atom. The second-order valence-corrected chi connectivity index (χ2v) is 9.28. The van der Waals surface area contributed by atoms with E-state index in [1.165, 1.54) is 5.56 Å². The molecule has 34 heavy (non-hydrogen) atoms. The predicted octanol–water partition coefficient (Wildman–Crippen LogP) is 3.00. The van der Waals surface area contributed by atoms with Crippen LogP contribution in [-0.2, 0) is 21.7 Å². The zero-order valence-electron chi connectivity index (χ0n) is 19.2. The Morgan fingerprint density at radius 2 is 1.76 bits per heavy atom. The van der Waals surface area contributed by atoms with Crippen molar-refractivity contribution in [2.45, 2.75) is 31.5 Å². The van der Waals surface area contributed by atoms with Crippen molar-refractivity contribution in [1.29, 1.82) is 0 Å². The minimum absolute atomic E-state index is 0.00356. The SMILES string of the molecule is C[C@@]1(c2ccc3ccccc3c2)NC(=O)N(CC(=O)N[C@@H]2CCN(Cc3ccccc3)C2)C1=O. The minimum atomic E-state index is -1.21. The molecule has 2 heterocycles. The van der Waals surface area contributed by atoms with Gasteiger partial charge in [0.15, 0.2) is 0 Å². The Morgan fingerprint density at radius 1 is 1.03 bits per heavy atom. The number of hydrogen-bond donors (Lipinski definition) is 2. The van der Waals surface area contributed by atoms with E-state index >= 15 is 0 Å². The first-order valence-corrected chi connectivity index (χ1v) is 11.6. The van der Waals surface area contributed by atoms with E-state index in [2.05, 4.69) is 27.7 Å². The fourth-order valence-electron chi connectivity index (χ4n) is 4.89. The van der Waals surface area contributed by atoms with Crippen LogP contribution in [0.4, 0.5) is 4.79 Å². The summed E-state index contributed by atoms with van der Waals surface area (Å²) >= 11 is 0. The molecule has 2 fully saturated rings. The topological polar surface area (TPSA) is 81.8 Å². The van der Waals surface area contributed by atoms with Gasteiger partial charge in [-0.3, -0.25) is 19.4 Å². The number of benzene rings is 3. The highest BCUT2D eigenvalue weighted by atomic mass is 16.2. The smallest absolute Gasteiger partial charge is 0.325 e. The summed E-state index contributed by atoms with van der Waals surface area (Å²) in [5, 5.41) is 7.84. The molecule has 2 atom stereocenters. The van der Waals surface area contributed by atoms with Gasteiger partial charge < -0.3 is 10.6 Å². The average molecular weight is 457 g/mol. The van der Waals surface area contributed by atoms with Crippen molar-refractivity contribution in [2.75, 3.05) is 19.6 Å². The lowest BCUT2D eigenvalue weighted by Crippen LogP contribution is -2.46. The number of nitrogens with one attached hydrogen (secondary N) is 2. The van der Waals surface area contributed by atoms with Gasteiger partial charge in [0.25, 0.3) is 5.91 Å². The second kappa shape index (κ2) is 8.91. The summed E-state index contributed by atoms with van der Waals surface area (Å²) in [5.41, 5.74) is 0.725. The highest BCUT2D eigenvalue weighted by molar-refractivity contribution is 6.09. The van der Waals surface area contributed by atoms with Crippen molar-refractivity contribution in [2.24, 2.45) is 0 Å². The minimum Gasteiger partial charge on any atom is -0.350 e. The van der Waals surface area contributed by atoms with Crippen molar-refractivity contribution >= 4 is 28.6 Å². The van der Waals surface area contributed by atoms with Crippen molar-refractivity contribution in [1.82, 2.24) is 20.4 Å². The average Bonchev–Trinajstić information content (AvgIpc) is 3.36. The van der Waals surface area contributed by atoms with E-state index < -0.39 is 17.5 Å². The number of rotatable bonds is 6. The fraction of sp³-hybridized carbons (Fsp3) is 0.296. The molecule has 7 nitrogen and oxygen atoms in total. The maximum atomic E-state index is 13.3. The second-order valence-electron chi connectivity index (χ2n) is 9.28. The van der Waals surface area contributed by atoms with Crippen LogP contribution in [0.15, 0.2) is 72.8 Å². The number of urea groups is 1. The Balaban J connectivity index is 1.21. The van der Waals surface area contributed by atoms with Gasteiger partial charge in [-0.1, -0.05) is 66.7 Å². The van der Waals surface area contributed by atoms with E-state index in [1.807, 2.05) is 60.7 Å². The zero-order chi connectivity index (χ0) is 23.7. The van der Waals surface area contributed by atoms with E-state index in [4.69, 9.17) is 0 Å². The van der Waals surface area contributed by atoms with Gasteiger partial charge in [-0.2, -0.15) is 0 Å². The Labute approximate surface area is 198 Å². The Bertz CT molecular complexity index is 1240. The van der Waals surface area contributed by atoms with Crippen LogP contribution in [-0.4, -0.2) is 53.3 Å². The van der Waals surface area contributed by atoms with Gasteiger partial charge in [-0.15, -0.1) is 0 Å². The molecule has 7 heteroatoms. The van der Waals surface area contributed by atoms with Crippen molar-refractivity contribution in [3.63, 3.8) is 0 Å². The number of hydrogen-bond acceptors (Lipinski definition) is 4. The molecule has 0 unspecified atom stereocenters. The van der Waals surface area contributed by atoms with Crippen LogP contribution >= 0.6 is 0 Å². The summed E-state index contributed by atoms with van der Waals surface area (Å²) in [6.07, 6.45) is 0.841. The number of imide groups is 1. The first-order chi connectivity index (χ1) is 16.4. The van der Waals surface area contributed by atoms with Gasteiger partial charge >= 0.3 is 6.03 Å².